The lowest BCUT2D eigenvalue weighted by molar-refractivity contribution is -0.137. The van der Waals surface area contributed by atoms with Gasteiger partial charge in [-0.2, -0.15) is 11.8 Å². The Morgan fingerprint density at radius 2 is 1.93 bits per heavy atom. The fourth-order valence-electron chi connectivity index (χ4n) is 3.56. The molecule has 5 nitrogen and oxygen atoms in total. The van der Waals surface area contributed by atoms with Crippen molar-refractivity contribution in [3.05, 3.63) is 12.2 Å². The highest BCUT2D eigenvalue weighted by Crippen LogP contribution is 2.40. The molecule has 6 heteroatoms. The highest BCUT2D eigenvalue weighted by molar-refractivity contribution is 8.00. The summed E-state index contributed by atoms with van der Waals surface area (Å²) in [5, 5.41) is 39.8. The predicted octanol–water partition coefficient (Wildman–Crippen LogP) is 3.61. The summed E-state index contributed by atoms with van der Waals surface area (Å²) >= 11 is 1.57. The van der Waals surface area contributed by atoms with E-state index in [1.807, 2.05) is 12.2 Å². The van der Waals surface area contributed by atoms with Gasteiger partial charge < -0.3 is 20.4 Å². The molecule has 0 spiro atoms. The monoisotopic (exact) mass is 402 g/mol. The van der Waals surface area contributed by atoms with Gasteiger partial charge in [-0.3, -0.25) is 4.79 Å². The molecule has 1 aliphatic rings. The van der Waals surface area contributed by atoms with E-state index in [0.29, 0.717) is 31.4 Å². The summed E-state index contributed by atoms with van der Waals surface area (Å²) in [6.45, 7) is 6.32. The summed E-state index contributed by atoms with van der Waals surface area (Å²) in [5.74, 6) is -0.259. The van der Waals surface area contributed by atoms with E-state index in [1.54, 1.807) is 11.8 Å². The van der Waals surface area contributed by atoms with Gasteiger partial charge in [0.05, 0.1) is 18.3 Å². The third-order valence-electron chi connectivity index (χ3n) is 5.64. The van der Waals surface area contributed by atoms with Gasteiger partial charge in [0, 0.05) is 29.8 Å². The number of hydrogen-bond donors (Lipinski definition) is 4. The van der Waals surface area contributed by atoms with Crippen LogP contribution >= 0.6 is 11.8 Å². The smallest absolute Gasteiger partial charge is 0.303 e. The molecule has 0 amide bonds. The summed E-state index contributed by atoms with van der Waals surface area (Å²) in [6, 6.07) is 0. The van der Waals surface area contributed by atoms with Crippen molar-refractivity contribution < 1.29 is 25.2 Å². The van der Waals surface area contributed by atoms with Crippen molar-refractivity contribution in [3.63, 3.8) is 0 Å². The zero-order chi connectivity index (χ0) is 20.4. The Morgan fingerprint density at radius 3 is 2.56 bits per heavy atom. The largest absolute Gasteiger partial charge is 0.481 e. The normalized spacial score (nSPS) is 27.3. The molecule has 1 fully saturated rings. The average Bonchev–Trinajstić information content (AvgIpc) is 2.86. The molecule has 1 aliphatic carbocycles. The number of rotatable bonds is 13. The van der Waals surface area contributed by atoms with Crippen LogP contribution < -0.4 is 0 Å². The summed E-state index contributed by atoms with van der Waals surface area (Å²) in [6.07, 6.45) is 8.13. The number of carboxylic acids is 1. The van der Waals surface area contributed by atoms with Crippen molar-refractivity contribution in [2.75, 3.05) is 5.75 Å². The minimum atomic E-state index is -0.783. The first kappa shape index (κ1) is 24.5. The van der Waals surface area contributed by atoms with Gasteiger partial charge in [-0.15, -0.1) is 0 Å². The molecule has 4 N–H and O–H groups in total. The topological polar surface area (TPSA) is 98.0 Å². The maximum Gasteiger partial charge on any atom is 0.303 e. The molecular formula is C21H38O5S. The maximum absolute atomic E-state index is 10.6. The SMILES string of the molecule is CCCCC(C)(C)C(O)CS[C@H]1C(O)CC(O)[C@@H]1CC=CCCCC(=O)O. The lowest BCUT2D eigenvalue weighted by atomic mass is 9.82. The van der Waals surface area contributed by atoms with E-state index in [1.165, 1.54) is 0 Å². The second-order valence-electron chi connectivity index (χ2n) is 8.43. The maximum atomic E-state index is 10.6. The lowest BCUT2D eigenvalue weighted by Gasteiger charge is -2.32. The Balaban J connectivity index is 2.50. The van der Waals surface area contributed by atoms with Crippen LogP contribution in [0.5, 0.6) is 0 Å². The third kappa shape index (κ3) is 8.55. The van der Waals surface area contributed by atoms with Crippen LogP contribution in [0, 0.1) is 11.3 Å². The molecule has 0 heterocycles. The molecule has 0 bridgehead atoms. The second kappa shape index (κ2) is 12.1. The van der Waals surface area contributed by atoms with E-state index in [4.69, 9.17) is 5.11 Å². The molecule has 5 atom stereocenters. The van der Waals surface area contributed by atoms with Gasteiger partial charge in [-0.05, 0) is 31.1 Å². The molecule has 0 aromatic heterocycles. The Bertz CT molecular complexity index is 465. The fourth-order valence-corrected chi connectivity index (χ4v) is 5.28. The minimum Gasteiger partial charge on any atom is -0.481 e. The number of aliphatic hydroxyl groups excluding tert-OH is 3. The van der Waals surface area contributed by atoms with Crippen LogP contribution in [0.4, 0.5) is 0 Å². The van der Waals surface area contributed by atoms with Crippen LogP contribution in [0.15, 0.2) is 12.2 Å². The number of aliphatic carboxylic acids is 1. The van der Waals surface area contributed by atoms with E-state index in [9.17, 15) is 20.1 Å². The van der Waals surface area contributed by atoms with Crippen LogP contribution in [0.1, 0.15) is 72.1 Å². The summed E-state index contributed by atoms with van der Waals surface area (Å²) in [5.41, 5.74) is -0.148. The molecule has 0 radical (unpaired) electrons. The van der Waals surface area contributed by atoms with E-state index >= 15 is 0 Å². The molecule has 0 saturated heterocycles. The van der Waals surface area contributed by atoms with Crippen molar-refractivity contribution >= 4 is 17.7 Å². The first-order valence-corrected chi connectivity index (χ1v) is 11.3. The Morgan fingerprint density at radius 1 is 1.22 bits per heavy atom. The highest BCUT2D eigenvalue weighted by Gasteiger charge is 2.42. The van der Waals surface area contributed by atoms with Gasteiger partial charge in [0.2, 0.25) is 0 Å². The van der Waals surface area contributed by atoms with E-state index in [2.05, 4.69) is 20.8 Å². The average molecular weight is 403 g/mol. The van der Waals surface area contributed by atoms with Crippen LogP contribution in [0.3, 0.4) is 0 Å². The molecule has 0 aromatic rings. The van der Waals surface area contributed by atoms with E-state index in [-0.39, 0.29) is 23.0 Å². The molecular weight excluding hydrogens is 364 g/mol. The fraction of sp³-hybridized carbons (Fsp3) is 0.857. The standard InChI is InChI=1S/C21H38O5S/c1-4-5-12-21(2,3)18(24)14-27-20-15(16(22)13-17(20)23)10-8-6-7-9-11-19(25)26/h6,8,15-18,20,22-24H,4-5,7,9-14H2,1-3H3,(H,25,26)/t15-,16?,17?,18?,20+/m0/s1. The first-order valence-electron chi connectivity index (χ1n) is 10.2. The quantitative estimate of drug-likeness (QED) is 0.277. The zero-order valence-electron chi connectivity index (χ0n) is 17.0. The molecule has 3 unspecified atom stereocenters. The van der Waals surface area contributed by atoms with Crippen molar-refractivity contribution in [2.24, 2.45) is 11.3 Å². The van der Waals surface area contributed by atoms with Crippen molar-refractivity contribution in [2.45, 2.75) is 95.7 Å². The first-order chi connectivity index (χ1) is 12.7. The number of hydrogen-bond acceptors (Lipinski definition) is 5. The third-order valence-corrected chi connectivity index (χ3v) is 7.19. The van der Waals surface area contributed by atoms with Crippen LogP contribution in [0.2, 0.25) is 0 Å². The van der Waals surface area contributed by atoms with Crippen molar-refractivity contribution in [1.29, 1.82) is 0 Å². The second-order valence-corrected chi connectivity index (χ2v) is 9.64. The van der Waals surface area contributed by atoms with Crippen molar-refractivity contribution in [1.82, 2.24) is 0 Å². The van der Waals surface area contributed by atoms with Gasteiger partial charge in [0.1, 0.15) is 0 Å². The molecule has 27 heavy (non-hydrogen) atoms. The van der Waals surface area contributed by atoms with E-state index < -0.39 is 24.3 Å². The number of carbonyl (C=O) groups is 1. The van der Waals surface area contributed by atoms with Crippen LogP contribution in [-0.2, 0) is 4.79 Å². The van der Waals surface area contributed by atoms with Crippen molar-refractivity contribution in [3.8, 4) is 0 Å². The number of unbranched alkanes of at least 4 members (excludes halogenated alkanes) is 2. The number of allylic oxidation sites excluding steroid dienone is 2. The molecule has 0 aromatic carbocycles. The predicted molar refractivity (Wildman–Crippen MR) is 111 cm³/mol. The van der Waals surface area contributed by atoms with Gasteiger partial charge >= 0.3 is 5.97 Å². The number of carboxylic acid groups (broad SMARTS) is 1. The van der Waals surface area contributed by atoms with E-state index in [0.717, 1.165) is 19.3 Å². The Labute approximate surface area is 168 Å². The summed E-state index contributed by atoms with van der Waals surface area (Å²) in [7, 11) is 0. The van der Waals surface area contributed by atoms with Gasteiger partial charge in [-0.1, -0.05) is 45.8 Å². The molecule has 1 saturated carbocycles. The minimum absolute atomic E-state index is 0.0355. The summed E-state index contributed by atoms with van der Waals surface area (Å²) in [4.78, 5) is 10.5. The van der Waals surface area contributed by atoms with Gasteiger partial charge in [0.25, 0.3) is 0 Å². The van der Waals surface area contributed by atoms with Gasteiger partial charge in [0.15, 0.2) is 0 Å². The molecule has 1 rings (SSSR count). The molecule has 0 aliphatic heterocycles. The van der Waals surface area contributed by atoms with Crippen LogP contribution in [0.25, 0.3) is 0 Å². The summed E-state index contributed by atoms with van der Waals surface area (Å²) < 4.78 is 0. The van der Waals surface area contributed by atoms with Crippen LogP contribution in [-0.4, -0.2) is 55.7 Å². The molecule has 158 valence electrons. The van der Waals surface area contributed by atoms with Gasteiger partial charge in [-0.25, -0.2) is 0 Å². The Kier molecular flexibility index (Phi) is 11.0. The number of thioether (sulfide) groups is 1. The zero-order valence-corrected chi connectivity index (χ0v) is 17.8. The number of aliphatic hydroxyl groups is 3. The lowest BCUT2D eigenvalue weighted by Crippen LogP contribution is -2.34. The highest BCUT2D eigenvalue weighted by atomic mass is 32.2. The Hall–Kier alpha value is -0.560.